The van der Waals surface area contributed by atoms with Crippen LogP contribution >= 0.6 is 0 Å². The number of hydrogen-bond acceptors (Lipinski definition) is 2. The first-order valence-electron chi connectivity index (χ1n) is 4.36. The molecule has 0 aliphatic carbocycles. The molecule has 1 N–H and O–H groups in total. The van der Waals surface area contributed by atoms with Gasteiger partial charge in [0.25, 0.3) is 0 Å². The van der Waals surface area contributed by atoms with Gasteiger partial charge in [-0.25, -0.2) is 0 Å². The maximum absolute atomic E-state index is 4.95. The fourth-order valence-electron chi connectivity index (χ4n) is 0.768. The predicted octanol–water partition coefficient (Wildman–Crippen LogP) is 1.80. The van der Waals surface area contributed by atoms with E-state index in [1.54, 1.807) is 7.11 Å². The van der Waals surface area contributed by atoms with Crippen LogP contribution in [0.1, 0.15) is 33.6 Å². The van der Waals surface area contributed by atoms with E-state index >= 15 is 0 Å². The van der Waals surface area contributed by atoms with E-state index in [1.165, 1.54) is 6.42 Å². The van der Waals surface area contributed by atoms with Crippen molar-refractivity contribution >= 4 is 0 Å². The Balaban J connectivity index is 3.23. The highest BCUT2D eigenvalue weighted by Gasteiger charge is 2.11. The molecule has 0 saturated heterocycles. The van der Waals surface area contributed by atoms with Gasteiger partial charge in [0.05, 0.1) is 0 Å². The third kappa shape index (κ3) is 6.32. The summed E-state index contributed by atoms with van der Waals surface area (Å²) in [5.41, 5.74) is 0.285. The normalized spacial score (nSPS) is 12.0. The number of nitrogens with one attached hydrogen (secondary N) is 1. The van der Waals surface area contributed by atoms with Gasteiger partial charge in [0, 0.05) is 19.3 Å². The van der Waals surface area contributed by atoms with Crippen molar-refractivity contribution in [2.75, 3.05) is 20.3 Å². The Morgan fingerprint density at radius 1 is 1.36 bits per heavy atom. The average molecular weight is 159 g/mol. The van der Waals surface area contributed by atoms with Crippen molar-refractivity contribution in [1.29, 1.82) is 0 Å². The van der Waals surface area contributed by atoms with Crippen molar-refractivity contribution in [3.05, 3.63) is 0 Å². The lowest BCUT2D eigenvalue weighted by atomic mass is 10.0. The molecule has 0 bridgehead atoms. The van der Waals surface area contributed by atoms with Crippen LogP contribution in [0.4, 0.5) is 0 Å². The molecule has 0 amide bonds. The van der Waals surface area contributed by atoms with Crippen LogP contribution in [-0.2, 0) is 4.74 Å². The second-order valence-corrected chi connectivity index (χ2v) is 3.51. The highest BCUT2D eigenvalue weighted by atomic mass is 16.5. The Kier molecular flexibility index (Phi) is 5.51. The number of methoxy groups -OCH3 is 1. The summed E-state index contributed by atoms with van der Waals surface area (Å²) in [6.45, 7) is 8.55. The summed E-state index contributed by atoms with van der Waals surface area (Å²) in [7, 11) is 1.74. The summed E-state index contributed by atoms with van der Waals surface area (Å²) >= 11 is 0. The summed E-state index contributed by atoms with van der Waals surface area (Å²) in [6.07, 6.45) is 2.26. The van der Waals surface area contributed by atoms with Crippen LogP contribution in [0.25, 0.3) is 0 Å². The lowest BCUT2D eigenvalue weighted by molar-refractivity contribution is 0.190. The molecule has 0 aliphatic rings. The molecule has 0 saturated carbocycles. The molecule has 0 atom stereocenters. The van der Waals surface area contributed by atoms with Crippen molar-refractivity contribution in [1.82, 2.24) is 5.32 Å². The van der Waals surface area contributed by atoms with Gasteiger partial charge in [-0.3, -0.25) is 0 Å². The Morgan fingerprint density at radius 3 is 2.45 bits per heavy atom. The minimum atomic E-state index is 0.285. The molecular formula is C9H21NO. The second kappa shape index (κ2) is 5.56. The fourth-order valence-corrected chi connectivity index (χ4v) is 0.768. The first-order valence-corrected chi connectivity index (χ1v) is 4.36. The Morgan fingerprint density at radius 2 is 2.00 bits per heavy atom. The van der Waals surface area contributed by atoms with Crippen molar-refractivity contribution in [3.63, 3.8) is 0 Å². The molecule has 0 fully saturated rings. The summed E-state index contributed by atoms with van der Waals surface area (Å²) in [4.78, 5) is 0. The predicted molar refractivity (Wildman–Crippen MR) is 48.9 cm³/mol. The first kappa shape index (κ1) is 10.9. The number of hydrogen-bond donors (Lipinski definition) is 1. The van der Waals surface area contributed by atoms with Gasteiger partial charge >= 0.3 is 0 Å². The molecule has 0 aromatic rings. The van der Waals surface area contributed by atoms with Crippen LogP contribution in [0.2, 0.25) is 0 Å². The third-order valence-corrected chi connectivity index (χ3v) is 2.01. The maximum atomic E-state index is 4.95. The van der Waals surface area contributed by atoms with Gasteiger partial charge in [-0.05, 0) is 33.2 Å². The van der Waals surface area contributed by atoms with Gasteiger partial charge in [0.1, 0.15) is 0 Å². The lowest BCUT2D eigenvalue weighted by Gasteiger charge is -2.24. The van der Waals surface area contributed by atoms with Crippen molar-refractivity contribution in [3.8, 4) is 0 Å². The van der Waals surface area contributed by atoms with E-state index in [4.69, 9.17) is 4.74 Å². The van der Waals surface area contributed by atoms with Crippen LogP contribution < -0.4 is 5.32 Å². The number of rotatable bonds is 6. The topological polar surface area (TPSA) is 21.3 Å². The quantitative estimate of drug-likeness (QED) is 0.597. The minimum Gasteiger partial charge on any atom is -0.385 e. The van der Waals surface area contributed by atoms with E-state index in [-0.39, 0.29) is 5.54 Å². The van der Waals surface area contributed by atoms with Gasteiger partial charge in [0.15, 0.2) is 0 Å². The number of ether oxygens (including phenoxy) is 1. The maximum Gasteiger partial charge on any atom is 0.0474 e. The highest BCUT2D eigenvalue weighted by Crippen LogP contribution is 2.05. The van der Waals surface area contributed by atoms with E-state index in [9.17, 15) is 0 Å². The van der Waals surface area contributed by atoms with Crippen LogP contribution in [0, 0.1) is 0 Å². The molecule has 2 heteroatoms. The molecule has 2 nitrogen and oxygen atoms in total. The zero-order chi connectivity index (χ0) is 8.74. The van der Waals surface area contributed by atoms with Gasteiger partial charge in [-0.2, -0.15) is 0 Å². The Labute approximate surface area is 70.3 Å². The molecule has 0 heterocycles. The molecule has 0 aromatic carbocycles. The molecule has 0 rings (SSSR count). The van der Waals surface area contributed by atoms with E-state index in [0.717, 1.165) is 19.6 Å². The monoisotopic (exact) mass is 159 g/mol. The largest absolute Gasteiger partial charge is 0.385 e. The molecule has 0 radical (unpaired) electrons. The summed E-state index contributed by atoms with van der Waals surface area (Å²) in [6, 6.07) is 0. The van der Waals surface area contributed by atoms with E-state index < -0.39 is 0 Å². The molecule has 11 heavy (non-hydrogen) atoms. The van der Waals surface area contributed by atoms with E-state index in [2.05, 4.69) is 26.1 Å². The van der Waals surface area contributed by atoms with Gasteiger partial charge in [-0.15, -0.1) is 0 Å². The zero-order valence-electron chi connectivity index (χ0n) is 8.24. The second-order valence-electron chi connectivity index (χ2n) is 3.51. The molecule has 0 unspecified atom stereocenters. The Bertz CT molecular complexity index is 91.6. The molecule has 0 spiro atoms. The van der Waals surface area contributed by atoms with E-state index in [0.29, 0.717) is 0 Å². The zero-order valence-corrected chi connectivity index (χ0v) is 8.24. The molecule has 0 aliphatic heterocycles. The molecule has 0 aromatic heterocycles. The van der Waals surface area contributed by atoms with Gasteiger partial charge < -0.3 is 10.1 Å². The van der Waals surface area contributed by atoms with Crippen molar-refractivity contribution in [2.24, 2.45) is 0 Å². The Hall–Kier alpha value is -0.0800. The lowest BCUT2D eigenvalue weighted by Crippen LogP contribution is -2.39. The van der Waals surface area contributed by atoms with Crippen LogP contribution in [-0.4, -0.2) is 25.8 Å². The van der Waals surface area contributed by atoms with Gasteiger partial charge in [-0.1, -0.05) is 6.92 Å². The molecule has 68 valence electrons. The van der Waals surface area contributed by atoms with Crippen molar-refractivity contribution < 1.29 is 4.74 Å². The summed E-state index contributed by atoms with van der Waals surface area (Å²) in [5, 5.41) is 3.46. The van der Waals surface area contributed by atoms with Gasteiger partial charge in [0.2, 0.25) is 0 Å². The van der Waals surface area contributed by atoms with Crippen LogP contribution in [0.15, 0.2) is 0 Å². The average Bonchev–Trinajstić information content (AvgIpc) is 1.99. The van der Waals surface area contributed by atoms with Crippen LogP contribution in [0.5, 0.6) is 0 Å². The minimum absolute atomic E-state index is 0.285. The van der Waals surface area contributed by atoms with Crippen molar-refractivity contribution in [2.45, 2.75) is 39.2 Å². The SMILES string of the molecule is CCC(C)(C)NCCCOC. The van der Waals surface area contributed by atoms with Crippen LogP contribution in [0.3, 0.4) is 0 Å². The summed E-state index contributed by atoms with van der Waals surface area (Å²) in [5.74, 6) is 0. The first-order chi connectivity index (χ1) is 5.12. The summed E-state index contributed by atoms with van der Waals surface area (Å²) < 4.78 is 4.95. The third-order valence-electron chi connectivity index (χ3n) is 2.01. The standard InChI is InChI=1S/C9H21NO/c1-5-9(2,3)10-7-6-8-11-4/h10H,5-8H2,1-4H3. The smallest absolute Gasteiger partial charge is 0.0474 e. The van der Waals surface area contributed by atoms with E-state index in [1.807, 2.05) is 0 Å². The fraction of sp³-hybridized carbons (Fsp3) is 1.00. The highest BCUT2D eigenvalue weighted by molar-refractivity contribution is 4.74. The molecular weight excluding hydrogens is 138 g/mol.